The molecule has 0 saturated carbocycles. The van der Waals surface area contributed by atoms with E-state index in [1.165, 1.54) is 12.1 Å². The minimum atomic E-state index is -0.444. The first-order valence-electron chi connectivity index (χ1n) is 5.17. The summed E-state index contributed by atoms with van der Waals surface area (Å²) in [7, 11) is 0. The predicted octanol–water partition coefficient (Wildman–Crippen LogP) is 2.32. The van der Waals surface area contributed by atoms with Crippen LogP contribution in [0.25, 0.3) is 0 Å². The van der Waals surface area contributed by atoms with Gasteiger partial charge in [-0.2, -0.15) is 0 Å². The molecule has 0 radical (unpaired) electrons. The Morgan fingerprint density at radius 3 is 2.58 bits per heavy atom. The van der Waals surface area contributed by atoms with Crippen LogP contribution in [0.3, 0.4) is 0 Å². The van der Waals surface area contributed by atoms with Crippen molar-refractivity contribution in [2.45, 2.75) is 0 Å². The van der Waals surface area contributed by atoms with Crippen molar-refractivity contribution < 1.29 is 4.79 Å². The van der Waals surface area contributed by atoms with E-state index >= 15 is 0 Å². The van der Waals surface area contributed by atoms with Crippen LogP contribution in [0.5, 0.6) is 0 Å². The molecule has 0 aliphatic rings. The van der Waals surface area contributed by atoms with Gasteiger partial charge in [-0.1, -0.05) is 23.2 Å². The summed E-state index contributed by atoms with van der Waals surface area (Å²) in [4.78, 5) is 11.9. The smallest absolute Gasteiger partial charge is 0.276 e. The number of nitrogen functional groups attached to an aromatic ring is 1. The van der Waals surface area contributed by atoms with Crippen molar-refractivity contribution in [2.24, 2.45) is 5.84 Å². The number of halogens is 2. The minimum Gasteiger partial charge on any atom is -0.319 e. The van der Waals surface area contributed by atoms with Crippen molar-refractivity contribution >= 4 is 40.6 Å². The monoisotopic (exact) mass is 297 g/mol. The van der Waals surface area contributed by atoms with Gasteiger partial charge in [-0.3, -0.25) is 4.79 Å². The first-order valence-corrected chi connectivity index (χ1v) is 5.92. The van der Waals surface area contributed by atoms with E-state index in [2.05, 4.69) is 20.9 Å². The normalized spacial score (nSPS) is 10.1. The second kappa shape index (κ2) is 5.83. The van der Waals surface area contributed by atoms with E-state index < -0.39 is 5.91 Å². The number of nitrogens with zero attached hydrogens (tertiary/aromatic N) is 2. The van der Waals surface area contributed by atoms with Crippen LogP contribution in [0, 0.1) is 0 Å². The fourth-order valence-electron chi connectivity index (χ4n) is 1.31. The van der Waals surface area contributed by atoms with E-state index in [4.69, 9.17) is 29.0 Å². The lowest BCUT2D eigenvalue weighted by Gasteiger charge is -2.07. The van der Waals surface area contributed by atoms with E-state index in [0.29, 0.717) is 21.6 Å². The summed E-state index contributed by atoms with van der Waals surface area (Å²) >= 11 is 11.8. The Balaban J connectivity index is 2.18. The fraction of sp³-hybridized carbons (Fsp3) is 0. The van der Waals surface area contributed by atoms with Gasteiger partial charge >= 0.3 is 0 Å². The number of hydrogen-bond donors (Lipinski definition) is 3. The maximum atomic E-state index is 11.9. The number of hydrazine groups is 1. The van der Waals surface area contributed by atoms with Crippen LogP contribution in [0.1, 0.15) is 10.5 Å². The van der Waals surface area contributed by atoms with Gasteiger partial charge in [0, 0.05) is 5.02 Å². The quantitative estimate of drug-likeness (QED) is 0.597. The molecule has 0 spiro atoms. The molecular formula is C11H9Cl2N5O. The van der Waals surface area contributed by atoms with E-state index in [0.717, 1.165) is 0 Å². The molecule has 1 aromatic carbocycles. The van der Waals surface area contributed by atoms with Crippen LogP contribution >= 0.6 is 23.2 Å². The van der Waals surface area contributed by atoms with Crippen LogP contribution in [-0.4, -0.2) is 16.1 Å². The number of hydrogen-bond acceptors (Lipinski definition) is 5. The van der Waals surface area contributed by atoms with Crippen LogP contribution < -0.4 is 16.6 Å². The Hall–Kier alpha value is -1.89. The molecule has 0 unspecified atom stereocenters. The molecule has 1 amide bonds. The van der Waals surface area contributed by atoms with Crippen LogP contribution in [0.4, 0.5) is 11.5 Å². The third-order valence-electron chi connectivity index (χ3n) is 2.22. The molecule has 0 bridgehead atoms. The van der Waals surface area contributed by atoms with Crippen LogP contribution in [0.15, 0.2) is 30.3 Å². The fourth-order valence-corrected chi connectivity index (χ4v) is 1.65. The average molecular weight is 298 g/mol. The van der Waals surface area contributed by atoms with Crippen molar-refractivity contribution in [3.05, 3.63) is 46.1 Å². The minimum absolute atomic E-state index is 0.134. The molecule has 2 rings (SSSR count). The first kappa shape index (κ1) is 13.5. The Labute approximate surface area is 118 Å². The summed E-state index contributed by atoms with van der Waals surface area (Å²) in [5.74, 6) is 5.07. The molecule has 0 saturated heterocycles. The largest absolute Gasteiger partial charge is 0.319 e. The lowest BCUT2D eigenvalue weighted by molar-refractivity contribution is 0.102. The van der Waals surface area contributed by atoms with E-state index in [-0.39, 0.29) is 5.69 Å². The van der Waals surface area contributed by atoms with Gasteiger partial charge in [0.2, 0.25) is 0 Å². The maximum Gasteiger partial charge on any atom is 0.276 e. The summed E-state index contributed by atoms with van der Waals surface area (Å²) in [5.41, 5.74) is 2.85. The van der Waals surface area contributed by atoms with Crippen LogP contribution in [0.2, 0.25) is 10.0 Å². The molecule has 8 heteroatoms. The first-order chi connectivity index (χ1) is 9.10. The summed E-state index contributed by atoms with van der Waals surface area (Å²) in [6.45, 7) is 0. The SMILES string of the molecule is NNc1ccc(C(=O)Nc2cc(Cl)ccc2Cl)nn1. The number of aromatic nitrogens is 2. The van der Waals surface area contributed by atoms with Crippen molar-refractivity contribution in [3.8, 4) is 0 Å². The number of nitrogens with two attached hydrogens (primary N) is 1. The highest BCUT2D eigenvalue weighted by Crippen LogP contribution is 2.25. The van der Waals surface area contributed by atoms with E-state index in [9.17, 15) is 4.79 Å². The zero-order chi connectivity index (χ0) is 13.8. The zero-order valence-electron chi connectivity index (χ0n) is 9.52. The van der Waals surface area contributed by atoms with Gasteiger partial charge < -0.3 is 10.7 Å². The Morgan fingerprint density at radius 2 is 1.95 bits per heavy atom. The Morgan fingerprint density at radius 1 is 1.16 bits per heavy atom. The highest BCUT2D eigenvalue weighted by atomic mass is 35.5. The molecular weight excluding hydrogens is 289 g/mol. The zero-order valence-corrected chi connectivity index (χ0v) is 11.0. The summed E-state index contributed by atoms with van der Waals surface area (Å²) in [6, 6.07) is 7.77. The molecule has 6 nitrogen and oxygen atoms in total. The molecule has 4 N–H and O–H groups in total. The van der Waals surface area contributed by atoms with E-state index in [1.807, 2.05) is 0 Å². The Bertz CT molecular complexity index is 603. The lowest BCUT2D eigenvalue weighted by atomic mass is 10.3. The Kier molecular flexibility index (Phi) is 4.16. The summed E-state index contributed by atoms with van der Waals surface area (Å²) in [6.07, 6.45) is 0. The molecule has 0 fully saturated rings. The second-order valence-corrected chi connectivity index (χ2v) is 4.37. The number of amides is 1. The van der Waals surface area contributed by atoms with Crippen LogP contribution in [-0.2, 0) is 0 Å². The van der Waals surface area contributed by atoms with Gasteiger partial charge in [0.1, 0.15) is 0 Å². The van der Waals surface area contributed by atoms with Gasteiger partial charge in [0.05, 0.1) is 10.7 Å². The average Bonchev–Trinajstić information content (AvgIpc) is 2.43. The van der Waals surface area contributed by atoms with E-state index in [1.54, 1.807) is 18.2 Å². The van der Waals surface area contributed by atoms with Gasteiger partial charge in [0.25, 0.3) is 5.91 Å². The molecule has 98 valence electrons. The summed E-state index contributed by atoms with van der Waals surface area (Å²) in [5, 5.41) is 10.9. The van der Waals surface area contributed by atoms with Crippen molar-refractivity contribution in [2.75, 3.05) is 10.7 Å². The number of benzene rings is 1. The highest BCUT2D eigenvalue weighted by Gasteiger charge is 2.11. The molecule has 0 aliphatic carbocycles. The molecule has 1 heterocycles. The lowest BCUT2D eigenvalue weighted by Crippen LogP contribution is -2.16. The number of anilines is 2. The number of carbonyl (C=O) groups is 1. The summed E-state index contributed by atoms with van der Waals surface area (Å²) < 4.78 is 0. The van der Waals surface area contributed by atoms with Crippen molar-refractivity contribution in [1.82, 2.24) is 10.2 Å². The standard InChI is InChI=1S/C11H9Cl2N5O/c12-6-1-2-7(13)9(5-6)15-11(19)8-3-4-10(16-14)18-17-8/h1-5H,14H2,(H,15,19)(H,16,18). The van der Waals surface area contributed by atoms with Gasteiger partial charge in [-0.05, 0) is 30.3 Å². The maximum absolute atomic E-state index is 11.9. The topological polar surface area (TPSA) is 92.9 Å². The third-order valence-corrected chi connectivity index (χ3v) is 2.79. The highest BCUT2D eigenvalue weighted by molar-refractivity contribution is 6.35. The molecule has 19 heavy (non-hydrogen) atoms. The number of carbonyl (C=O) groups excluding carboxylic acids is 1. The predicted molar refractivity (Wildman–Crippen MR) is 74.3 cm³/mol. The van der Waals surface area contributed by atoms with Gasteiger partial charge in [-0.25, -0.2) is 5.84 Å². The molecule has 1 aromatic heterocycles. The third kappa shape index (κ3) is 3.31. The second-order valence-electron chi connectivity index (χ2n) is 3.53. The molecule has 2 aromatic rings. The van der Waals surface area contributed by atoms with Crippen molar-refractivity contribution in [1.29, 1.82) is 0 Å². The number of nitrogens with one attached hydrogen (secondary N) is 2. The van der Waals surface area contributed by atoms with Gasteiger partial charge in [-0.15, -0.1) is 10.2 Å². The number of rotatable bonds is 3. The van der Waals surface area contributed by atoms with Crippen molar-refractivity contribution in [3.63, 3.8) is 0 Å². The molecule has 0 atom stereocenters. The molecule has 0 aliphatic heterocycles. The van der Waals surface area contributed by atoms with Gasteiger partial charge in [0.15, 0.2) is 11.5 Å².